The smallest absolute Gasteiger partial charge is 0.354 e. The molecule has 0 radical (unpaired) electrons. The molecule has 58 heavy (non-hydrogen) atoms. The van der Waals surface area contributed by atoms with Crippen LogP contribution in [0.5, 0.6) is 0 Å². The molecular formula is C38H35F6N7O5S2. The molecule has 306 valence electrons. The van der Waals surface area contributed by atoms with Gasteiger partial charge in [0.1, 0.15) is 11.3 Å². The molecule has 0 aliphatic rings. The zero-order valence-electron chi connectivity index (χ0n) is 30.4. The second-order valence-electron chi connectivity index (χ2n) is 13.0. The normalized spacial score (nSPS) is 12.4. The molecule has 0 bridgehead atoms. The average Bonchev–Trinajstić information content (AvgIpc) is 3.51. The Labute approximate surface area is 328 Å². The van der Waals surface area contributed by atoms with Crippen LogP contribution < -0.4 is 25.6 Å². The van der Waals surface area contributed by atoms with Crippen LogP contribution in [-0.2, 0) is 39.6 Å². The third-order valence-electron chi connectivity index (χ3n) is 8.82. The number of hydrogen-bond acceptors (Lipinski definition) is 8. The molecule has 4 N–H and O–H groups in total. The Morgan fingerprint density at radius 2 is 1.07 bits per heavy atom. The molecule has 0 amide bonds. The minimum Gasteiger partial charge on any atom is -0.354 e. The highest BCUT2D eigenvalue weighted by molar-refractivity contribution is 7.93. The molecule has 2 heterocycles. The van der Waals surface area contributed by atoms with E-state index in [1.54, 1.807) is 70.2 Å². The fourth-order valence-corrected chi connectivity index (χ4v) is 7.06. The number of nitrogens with zero attached hydrogens (tertiary/aromatic N) is 3. The van der Waals surface area contributed by atoms with E-state index in [-0.39, 0.29) is 41.4 Å². The summed E-state index contributed by atoms with van der Waals surface area (Å²) in [5.41, 5.74) is -8.45. The topological polar surface area (TPSA) is 156 Å². The van der Waals surface area contributed by atoms with Crippen LogP contribution in [-0.4, -0.2) is 42.0 Å². The summed E-state index contributed by atoms with van der Waals surface area (Å²) in [6, 6.07) is 26.4. The number of benzene rings is 4. The number of nitrogens with one attached hydrogen (secondary N) is 4. The first-order chi connectivity index (χ1) is 27.3. The zero-order valence-corrected chi connectivity index (χ0v) is 32.0. The van der Waals surface area contributed by atoms with Crippen LogP contribution in [0.3, 0.4) is 0 Å². The summed E-state index contributed by atoms with van der Waals surface area (Å²) in [6.45, 7) is 2.46. The number of halogens is 6. The number of hydrogen-bond donors (Lipinski definition) is 4. The summed E-state index contributed by atoms with van der Waals surface area (Å²) < 4.78 is 131. The average molecular weight is 848 g/mol. The lowest BCUT2D eigenvalue weighted by atomic mass is 10.1. The first kappa shape index (κ1) is 41.6. The maximum Gasteiger partial charge on any atom is 0.516 e. The maximum absolute atomic E-state index is 14.0. The van der Waals surface area contributed by atoms with Crippen molar-refractivity contribution in [2.75, 3.05) is 20.1 Å². The minimum atomic E-state index is -5.65. The molecule has 0 aliphatic heterocycles. The number of aryl methyl sites for hydroxylation is 1. The van der Waals surface area contributed by atoms with Gasteiger partial charge < -0.3 is 19.8 Å². The molecule has 12 nitrogen and oxygen atoms in total. The van der Waals surface area contributed by atoms with Crippen molar-refractivity contribution >= 4 is 65.2 Å². The Morgan fingerprint density at radius 1 is 0.621 bits per heavy atom. The molecule has 0 fully saturated rings. The molecule has 0 atom stereocenters. The lowest BCUT2D eigenvalue weighted by Crippen LogP contribution is -2.30. The van der Waals surface area contributed by atoms with Crippen molar-refractivity contribution in [3.05, 3.63) is 137 Å². The van der Waals surface area contributed by atoms with Crippen molar-refractivity contribution in [1.29, 1.82) is 0 Å². The summed E-state index contributed by atoms with van der Waals surface area (Å²) in [7, 11) is -11.3. The molecule has 4 aromatic carbocycles. The number of sulfonamides is 2. The molecule has 0 spiro atoms. The predicted octanol–water partition coefficient (Wildman–Crippen LogP) is 8.65. The summed E-state index contributed by atoms with van der Waals surface area (Å²) in [5.74, 6) is 0.702. The summed E-state index contributed by atoms with van der Waals surface area (Å²) in [5, 5.41) is 5.85. The highest BCUT2D eigenvalue weighted by Crippen LogP contribution is 2.33. The molecule has 0 saturated carbocycles. The summed E-state index contributed by atoms with van der Waals surface area (Å²) >= 11 is 0. The largest absolute Gasteiger partial charge is 0.516 e. The number of rotatable bonds is 15. The lowest BCUT2D eigenvalue weighted by molar-refractivity contribution is -0.0435. The number of imidazole rings is 1. The van der Waals surface area contributed by atoms with Gasteiger partial charge in [-0.3, -0.25) is 14.2 Å². The van der Waals surface area contributed by atoms with Gasteiger partial charge in [-0.15, -0.1) is 0 Å². The number of alkyl halides is 6. The Morgan fingerprint density at radius 3 is 1.52 bits per heavy atom. The number of pyridine rings is 1. The van der Waals surface area contributed by atoms with E-state index >= 15 is 0 Å². The first-order valence-corrected chi connectivity index (χ1v) is 20.5. The van der Waals surface area contributed by atoms with E-state index < -0.39 is 31.1 Å². The van der Waals surface area contributed by atoms with Gasteiger partial charge in [-0.25, -0.2) is 4.98 Å². The van der Waals surface area contributed by atoms with Gasteiger partial charge in [0.25, 0.3) is 5.56 Å². The number of para-hydroxylation sites is 4. The molecule has 2 aromatic heterocycles. The maximum atomic E-state index is 14.0. The fourth-order valence-electron chi connectivity index (χ4n) is 5.89. The molecule has 6 aromatic rings. The molecular weight excluding hydrogens is 813 g/mol. The quantitative estimate of drug-likeness (QED) is 0.0749. The van der Waals surface area contributed by atoms with Gasteiger partial charge in [-0.1, -0.05) is 61.9 Å². The Kier molecular flexibility index (Phi) is 11.8. The Balaban J connectivity index is 1.21. The van der Waals surface area contributed by atoms with E-state index in [0.717, 1.165) is 18.4 Å². The molecule has 0 aliphatic carbocycles. The van der Waals surface area contributed by atoms with Gasteiger partial charge in [0.2, 0.25) is 0 Å². The van der Waals surface area contributed by atoms with E-state index in [1.165, 1.54) is 53.1 Å². The number of aromatic nitrogens is 3. The molecule has 0 unspecified atom stereocenters. The molecule has 20 heteroatoms. The number of fused-ring (bicyclic) bond motifs is 1. The van der Waals surface area contributed by atoms with Crippen molar-refractivity contribution in [1.82, 2.24) is 14.1 Å². The van der Waals surface area contributed by atoms with Gasteiger partial charge >= 0.3 is 31.1 Å². The van der Waals surface area contributed by atoms with Gasteiger partial charge in [-0.2, -0.15) is 43.2 Å². The van der Waals surface area contributed by atoms with E-state index in [9.17, 15) is 48.0 Å². The van der Waals surface area contributed by atoms with Crippen LogP contribution in [0.15, 0.2) is 114 Å². The van der Waals surface area contributed by atoms with Crippen LogP contribution in [0.2, 0.25) is 0 Å². The van der Waals surface area contributed by atoms with E-state index in [4.69, 9.17) is 4.98 Å². The van der Waals surface area contributed by atoms with Gasteiger partial charge in [-0.05, 0) is 72.1 Å². The summed E-state index contributed by atoms with van der Waals surface area (Å²) in [6.07, 6.45) is 3.93. The lowest BCUT2D eigenvalue weighted by Gasteiger charge is -2.16. The Bertz CT molecular complexity index is 2700. The van der Waals surface area contributed by atoms with Crippen molar-refractivity contribution in [2.45, 2.75) is 50.3 Å². The number of anilines is 6. The highest BCUT2D eigenvalue weighted by Gasteiger charge is 2.47. The van der Waals surface area contributed by atoms with Crippen LogP contribution >= 0.6 is 0 Å². The van der Waals surface area contributed by atoms with Crippen molar-refractivity contribution in [3.8, 4) is 0 Å². The summed E-state index contributed by atoms with van der Waals surface area (Å²) in [4.78, 5) is 18.8. The minimum absolute atomic E-state index is 0.0860. The monoisotopic (exact) mass is 847 g/mol. The fraction of sp³-hybridized carbons (Fsp3) is 0.211. The SMILES string of the molecule is CCCCc1nc2ccn(Cc3ccc(Nc4ccccc4NS(=O)(=O)C(F)(F)F)cc3)c(=O)c2n1Cc1ccc(Nc2ccccc2NS(=O)(=O)C(F)(F)F)cc1. The predicted molar refractivity (Wildman–Crippen MR) is 210 cm³/mol. The second-order valence-corrected chi connectivity index (χ2v) is 16.4. The molecule has 6 rings (SSSR count). The van der Waals surface area contributed by atoms with Gasteiger partial charge in [0.05, 0.1) is 34.8 Å². The molecule has 0 saturated heterocycles. The Hall–Kier alpha value is -6.02. The highest BCUT2D eigenvalue weighted by atomic mass is 32.2. The van der Waals surface area contributed by atoms with Crippen LogP contribution in [0.25, 0.3) is 11.0 Å². The van der Waals surface area contributed by atoms with Crippen molar-refractivity contribution < 1.29 is 43.2 Å². The zero-order chi connectivity index (χ0) is 41.9. The second kappa shape index (κ2) is 16.5. The number of unbranched alkanes of at least 4 members (excludes halogenated alkanes) is 1. The first-order valence-electron chi connectivity index (χ1n) is 17.5. The third kappa shape index (κ3) is 9.39. The van der Waals surface area contributed by atoms with Crippen LogP contribution in [0, 0.1) is 0 Å². The van der Waals surface area contributed by atoms with Crippen LogP contribution in [0.4, 0.5) is 60.5 Å². The van der Waals surface area contributed by atoms with E-state index in [0.29, 0.717) is 40.2 Å². The van der Waals surface area contributed by atoms with Gasteiger partial charge in [0.15, 0.2) is 0 Å². The van der Waals surface area contributed by atoms with E-state index in [2.05, 4.69) is 10.6 Å². The standard InChI is InChI=1S/C38H35F6N7O5S2/c1-2-3-12-34-47-33-21-22-50(23-25-13-17-27(18-14-25)45-29-8-4-6-10-31(29)48-57(53,54)37(39,40)41)36(52)35(33)51(34)24-26-15-19-28(20-16-26)46-30-9-5-7-11-32(30)49-58(55,56)38(42,43)44/h4-11,13-22,45-46,48-49H,2-3,12,23-24H2,1H3. The third-order valence-corrected chi connectivity index (χ3v) is 11.0. The van der Waals surface area contributed by atoms with E-state index in [1.807, 2.05) is 11.5 Å². The van der Waals surface area contributed by atoms with Crippen molar-refractivity contribution in [2.24, 2.45) is 0 Å². The van der Waals surface area contributed by atoms with Gasteiger partial charge in [0, 0.05) is 30.5 Å². The van der Waals surface area contributed by atoms with Crippen molar-refractivity contribution in [3.63, 3.8) is 0 Å². The van der Waals surface area contributed by atoms with Crippen LogP contribution in [0.1, 0.15) is 36.7 Å².